The van der Waals surface area contributed by atoms with Crippen LogP contribution in [0.3, 0.4) is 0 Å². The van der Waals surface area contributed by atoms with E-state index in [-0.39, 0.29) is 31.0 Å². The third-order valence-electron chi connectivity index (χ3n) is 3.07. The van der Waals surface area contributed by atoms with Crippen LogP contribution in [-0.4, -0.2) is 29.9 Å². The lowest BCUT2D eigenvalue weighted by atomic mass is 10.2. The van der Waals surface area contributed by atoms with Gasteiger partial charge in [0.25, 0.3) is 5.91 Å². The zero-order valence-electron chi connectivity index (χ0n) is 12.9. The van der Waals surface area contributed by atoms with Gasteiger partial charge in [-0.3, -0.25) is 14.6 Å². The maximum absolute atomic E-state index is 11.8. The van der Waals surface area contributed by atoms with E-state index in [9.17, 15) is 9.59 Å². The first-order valence-corrected chi connectivity index (χ1v) is 7.30. The molecule has 0 spiro atoms. The molecule has 2 amide bonds. The molecule has 0 aliphatic rings. The van der Waals surface area contributed by atoms with E-state index < -0.39 is 0 Å². The molecule has 2 N–H and O–H groups in total. The van der Waals surface area contributed by atoms with Gasteiger partial charge in [0.15, 0.2) is 6.61 Å². The summed E-state index contributed by atoms with van der Waals surface area (Å²) in [6, 6.07) is 14.3. The molecule has 6 nitrogen and oxygen atoms in total. The van der Waals surface area contributed by atoms with Crippen LogP contribution in [0.15, 0.2) is 54.7 Å². The molecule has 2 rings (SSSR count). The fraction of sp³-hybridized carbons (Fsp3) is 0.235. The van der Waals surface area contributed by atoms with Crippen molar-refractivity contribution in [3.63, 3.8) is 0 Å². The van der Waals surface area contributed by atoms with Crippen LogP contribution in [0.1, 0.15) is 18.7 Å². The standard InChI is InChI=1S/C17H19N3O3/c1-13(15-9-5-6-10-18-15)20-16(21)11-19-17(22)12-23-14-7-3-2-4-8-14/h2-10,13H,11-12H2,1H3,(H,19,22)(H,20,21)/t13-/m0/s1. The molecule has 1 heterocycles. The number of carbonyl (C=O) groups is 2. The van der Waals surface area contributed by atoms with Crippen molar-refractivity contribution in [3.05, 3.63) is 60.4 Å². The number of pyridine rings is 1. The summed E-state index contributed by atoms with van der Waals surface area (Å²) in [5.74, 6) is -0.0263. The van der Waals surface area contributed by atoms with E-state index >= 15 is 0 Å². The Morgan fingerprint density at radius 1 is 1.09 bits per heavy atom. The van der Waals surface area contributed by atoms with Gasteiger partial charge in [-0.25, -0.2) is 0 Å². The Kier molecular flexibility index (Phi) is 6.11. The molecule has 0 aliphatic heterocycles. The van der Waals surface area contributed by atoms with E-state index in [0.29, 0.717) is 5.75 Å². The van der Waals surface area contributed by atoms with Gasteiger partial charge in [0.1, 0.15) is 5.75 Å². The number of hydrogen-bond donors (Lipinski definition) is 2. The molecule has 1 aromatic carbocycles. The van der Waals surface area contributed by atoms with Crippen LogP contribution in [0.25, 0.3) is 0 Å². The van der Waals surface area contributed by atoms with Crippen molar-refractivity contribution < 1.29 is 14.3 Å². The molecule has 2 aromatic rings. The molecule has 0 radical (unpaired) electrons. The number of benzene rings is 1. The summed E-state index contributed by atoms with van der Waals surface area (Å²) in [7, 11) is 0. The van der Waals surface area contributed by atoms with Crippen molar-refractivity contribution >= 4 is 11.8 Å². The van der Waals surface area contributed by atoms with Crippen LogP contribution in [0.5, 0.6) is 5.75 Å². The Hall–Kier alpha value is -2.89. The number of rotatable bonds is 7. The van der Waals surface area contributed by atoms with E-state index in [1.807, 2.05) is 43.3 Å². The van der Waals surface area contributed by atoms with Crippen LogP contribution in [-0.2, 0) is 9.59 Å². The highest BCUT2D eigenvalue weighted by molar-refractivity contribution is 5.85. The van der Waals surface area contributed by atoms with E-state index in [4.69, 9.17) is 4.74 Å². The lowest BCUT2D eigenvalue weighted by Gasteiger charge is -2.13. The zero-order valence-corrected chi connectivity index (χ0v) is 12.9. The molecule has 0 bridgehead atoms. The molecule has 0 saturated carbocycles. The molecule has 0 unspecified atom stereocenters. The number of hydrogen-bond acceptors (Lipinski definition) is 4. The van der Waals surface area contributed by atoms with Gasteiger partial charge in [-0.2, -0.15) is 0 Å². The van der Waals surface area contributed by atoms with E-state index in [1.165, 1.54) is 0 Å². The predicted molar refractivity (Wildman–Crippen MR) is 85.7 cm³/mol. The van der Waals surface area contributed by atoms with Gasteiger partial charge in [0, 0.05) is 6.20 Å². The number of nitrogens with zero attached hydrogens (tertiary/aromatic N) is 1. The van der Waals surface area contributed by atoms with Crippen LogP contribution >= 0.6 is 0 Å². The van der Waals surface area contributed by atoms with Gasteiger partial charge in [0.05, 0.1) is 18.3 Å². The van der Waals surface area contributed by atoms with Gasteiger partial charge in [-0.05, 0) is 31.2 Å². The lowest BCUT2D eigenvalue weighted by molar-refractivity contribution is -0.127. The van der Waals surface area contributed by atoms with Crippen molar-refractivity contribution in [2.24, 2.45) is 0 Å². The molecule has 0 fully saturated rings. The smallest absolute Gasteiger partial charge is 0.258 e. The minimum atomic E-state index is -0.352. The summed E-state index contributed by atoms with van der Waals surface area (Å²) in [6.07, 6.45) is 1.67. The first kappa shape index (κ1) is 16.5. The van der Waals surface area contributed by atoms with Crippen LogP contribution in [0.2, 0.25) is 0 Å². The average molecular weight is 313 g/mol. The van der Waals surface area contributed by atoms with Crippen molar-refractivity contribution in [1.29, 1.82) is 0 Å². The molecule has 1 aromatic heterocycles. The Bertz CT molecular complexity index is 632. The topological polar surface area (TPSA) is 80.3 Å². The summed E-state index contributed by atoms with van der Waals surface area (Å²) >= 11 is 0. The highest BCUT2D eigenvalue weighted by Crippen LogP contribution is 2.08. The summed E-state index contributed by atoms with van der Waals surface area (Å²) in [5.41, 5.74) is 0.764. The Morgan fingerprint density at radius 3 is 2.52 bits per heavy atom. The fourth-order valence-electron chi connectivity index (χ4n) is 1.89. The number of aromatic nitrogens is 1. The van der Waals surface area contributed by atoms with Gasteiger partial charge in [0.2, 0.25) is 5.91 Å². The number of ether oxygens (including phenoxy) is 1. The Balaban J connectivity index is 1.68. The second kappa shape index (κ2) is 8.53. The largest absolute Gasteiger partial charge is 0.484 e. The molecular formula is C17H19N3O3. The van der Waals surface area contributed by atoms with Crippen molar-refractivity contribution in [1.82, 2.24) is 15.6 Å². The normalized spacial score (nSPS) is 11.3. The Labute approximate surface area is 134 Å². The van der Waals surface area contributed by atoms with Gasteiger partial charge in [-0.1, -0.05) is 24.3 Å². The number of amides is 2. The van der Waals surface area contributed by atoms with E-state index in [2.05, 4.69) is 15.6 Å². The number of carbonyl (C=O) groups excluding carboxylic acids is 2. The quantitative estimate of drug-likeness (QED) is 0.811. The molecule has 120 valence electrons. The number of para-hydroxylation sites is 1. The molecule has 0 saturated heterocycles. The van der Waals surface area contributed by atoms with Crippen molar-refractivity contribution in [3.8, 4) is 5.75 Å². The predicted octanol–water partition coefficient (Wildman–Crippen LogP) is 1.45. The lowest BCUT2D eigenvalue weighted by Crippen LogP contribution is -2.39. The molecular weight excluding hydrogens is 294 g/mol. The average Bonchev–Trinajstić information content (AvgIpc) is 2.60. The second-order valence-electron chi connectivity index (χ2n) is 4.92. The third kappa shape index (κ3) is 5.78. The summed E-state index contributed by atoms with van der Waals surface area (Å²) in [5, 5.41) is 5.28. The van der Waals surface area contributed by atoms with Crippen molar-refractivity contribution in [2.75, 3.05) is 13.2 Å². The van der Waals surface area contributed by atoms with Crippen LogP contribution < -0.4 is 15.4 Å². The van der Waals surface area contributed by atoms with Crippen molar-refractivity contribution in [2.45, 2.75) is 13.0 Å². The molecule has 23 heavy (non-hydrogen) atoms. The Morgan fingerprint density at radius 2 is 1.83 bits per heavy atom. The zero-order chi connectivity index (χ0) is 16.5. The maximum atomic E-state index is 11.8. The summed E-state index contributed by atoms with van der Waals surface area (Å²) in [6.45, 7) is 1.60. The summed E-state index contributed by atoms with van der Waals surface area (Å²) < 4.78 is 5.30. The summed E-state index contributed by atoms with van der Waals surface area (Å²) in [4.78, 5) is 27.6. The van der Waals surface area contributed by atoms with Gasteiger partial charge in [-0.15, -0.1) is 0 Å². The first-order valence-electron chi connectivity index (χ1n) is 7.30. The monoisotopic (exact) mass is 313 g/mol. The minimum absolute atomic E-state index is 0.103. The highest BCUT2D eigenvalue weighted by Gasteiger charge is 2.11. The van der Waals surface area contributed by atoms with E-state index in [0.717, 1.165) is 5.69 Å². The number of nitrogens with one attached hydrogen (secondary N) is 2. The van der Waals surface area contributed by atoms with Gasteiger partial charge >= 0.3 is 0 Å². The fourth-order valence-corrected chi connectivity index (χ4v) is 1.89. The molecule has 0 aliphatic carbocycles. The minimum Gasteiger partial charge on any atom is -0.484 e. The first-order chi connectivity index (χ1) is 11.1. The van der Waals surface area contributed by atoms with Crippen LogP contribution in [0.4, 0.5) is 0 Å². The molecule has 6 heteroatoms. The highest BCUT2D eigenvalue weighted by atomic mass is 16.5. The van der Waals surface area contributed by atoms with Gasteiger partial charge < -0.3 is 15.4 Å². The molecule has 1 atom stereocenters. The van der Waals surface area contributed by atoms with E-state index in [1.54, 1.807) is 18.3 Å². The SMILES string of the molecule is C[C@H](NC(=O)CNC(=O)COc1ccccc1)c1ccccn1. The maximum Gasteiger partial charge on any atom is 0.258 e. The van der Waals surface area contributed by atoms with Crippen LogP contribution in [0, 0.1) is 0 Å². The second-order valence-corrected chi connectivity index (χ2v) is 4.92. The third-order valence-corrected chi connectivity index (χ3v) is 3.07.